The Morgan fingerprint density at radius 1 is 1.33 bits per heavy atom. The largest absolute Gasteiger partial charge is 0.478 e. The number of carboxylic acids is 1. The van der Waals surface area contributed by atoms with Crippen LogP contribution in [0.1, 0.15) is 27.6 Å². The Labute approximate surface area is 134 Å². The highest BCUT2D eigenvalue weighted by Gasteiger charge is 2.20. The fourth-order valence-corrected chi connectivity index (χ4v) is 3.07. The molecule has 0 aliphatic rings. The highest BCUT2D eigenvalue weighted by molar-refractivity contribution is 9.11. The van der Waals surface area contributed by atoms with Crippen LogP contribution >= 0.6 is 27.3 Å². The lowest BCUT2D eigenvalue weighted by molar-refractivity contribution is 0.0697. The van der Waals surface area contributed by atoms with Crippen LogP contribution < -0.4 is 10.6 Å². The van der Waals surface area contributed by atoms with Gasteiger partial charge in [0.05, 0.1) is 26.3 Å². The Morgan fingerprint density at radius 3 is 2.52 bits per heavy atom. The van der Waals surface area contributed by atoms with Crippen LogP contribution in [0.5, 0.6) is 0 Å². The molecule has 0 spiro atoms. The Hall–Kier alpha value is -1.86. The molecule has 7 heteroatoms. The quantitative estimate of drug-likeness (QED) is 0.809. The van der Waals surface area contributed by atoms with Crippen molar-refractivity contribution in [1.82, 2.24) is 0 Å². The van der Waals surface area contributed by atoms with Gasteiger partial charge in [0.1, 0.15) is 0 Å². The van der Waals surface area contributed by atoms with Crippen LogP contribution in [0, 0.1) is 0 Å². The zero-order valence-corrected chi connectivity index (χ0v) is 13.6. The highest BCUT2D eigenvalue weighted by atomic mass is 79.9. The van der Waals surface area contributed by atoms with Crippen molar-refractivity contribution in [2.45, 2.75) is 6.92 Å². The second-order valence-electron chi connectivity index (χ2n) is 4.27. The van der Waals surface area contributed by atoms with E-state index in [1.807, 2.05) is 6.92 Å². The summed E-state index contributed by atoms with van der Waals surface area (Å²) in [5.74, 6) is -1.22. The van der Waals surface area contributed by atoms with Crippen molar-refractivity contribution in [3.63, 3.8) is 0 Å². The van der Waals surface area contributed by atoms with Crippen molar-refractivity contribution in [3.05, 3.63) is 44.6 Å². The molecular weight excluding hydrogens is 356 g/mol. The fourth-order valence-electron chi connectivity index (χ4n) is 1.93. The molecule has 1 aromatic heterocycles. The van der Waals surface area contributed by atoms with Crippen LogP contribution in [-0.2, 0) is 0 Å². The number of anilines is 2. The van der Waals surface area contributed by atoms with E-state index in [9.17, 15) is 9.59 Å². The lowest BCUT2D eigenvalue weighted by Gasteiger charge is -2.22. The maximum atomic E-state index is 12.5. The third kappa shape index (κ3) is 3.25. The molecule has 110 valence electrons. The Kier molecular flexibility index (Phi) is 4.64. The van der Waals surface area contributed by atoms with Gasteiger partial charge in [-0.05, 0) is 47.1 Å². The van der Waals surface area contributed by atoms with E-state index in [1.165, 1.54) is 28.4 Å². The van der Waals surface area contributed by atoms with Gasteiger partial charge in [-0.25, -0.2) is 4.79 Å². The van der Waals surface area contributed by atoms with E-state index in [0.29, 0.717) is 17.8 Å². The predicted octanol–water partition coefficient (Wildman–Crippen LogP) is 3.46. The maximum Gasteiger partial charge on any atom is 0.335 e. The number of rotatable bonds is 4. The molecule has 0 saturated heterocycles. The van der Waals surface area contributed by atoms with Gasteiger partial charge in [-0.15, -0.1) is 11.3 Å². The van der Waals surface area contributed by atoms with Crippen LogP contribution in [0.15, 0.2) is 33.4 Å². The Morgan fingerprint density at radius 2 is 2.05 bits per heavy atom. The molecule has 1 aromatic carbocycles. The van der Waals surface area contributed by atoms with E-state index in [4.69, 9.17) is 10.8 Å². The molecular formula is C14H13BrN2O3S. The van der Waals surface area contributed by atoms with Crippen LogP contribution in [0.4, 0.5) is 11.4 Å². The summed E-state index contributed by atoms with van der Waals surface area (Å²) in [5, 5.41) is 10.7. The van der Waals surface area contributed by atoms with E-state index in [1.54, 1.807) is 17.5 Å². The second kappa shape index (κ2) is 6.28. The average molecular weight is 369 g/mol. The normalized spacial score (nSPS) is 10.4. The second-order valence-corrected chi connectivity index (χ2v) is 6.56. The number of halogens is 1. The van der Waals surface area contributed by atoms with Gasteiger partial charge < -0.3 is 15.7 Å². The molecule has 3 N–H and O–H groups in total. The molecule has 0 bridgehead atoms. The number of benzene rings is 1. The third-order valence-corrected chi connectivity index (χ3v) is 4.45. The first-order chi connectivity index (χ1) is 9.93. The first-order valence-corrected chi connectivity index (χ1v) is 7.80. The van der Waals surface area contributed by atoms with Gasteiger partial charge in [0.15, 0.2) is 0 Å². The number of aromatic carboxylic acids is 1. The monoisotopic (exact) mass is 368 g/mol. The van der Waals surface area contributed by atoms with Crippen molar-refractivity contribution >= 4 is 50.5 Å². The van der Waals surface area contributed by atoms with Crippen molar-refractivity contribution in [1.29, 1.82) is 0 Å². The number of hydrogen-bond acceptors (Lipinski definition) is 4. The van der Waals surface area contributed by atoms with Crippen molar-refractivity contribution < 1.29 is 14.7 Å². The minimum Gasteiger partial charge on any atom is -0.478 e. The van der Waals surface area contributed by atoms with E-state index in [-0.39, 0.29) is 17.2 Å². The Bertz CT molecular complexity index is 699. The van der Waals surface area contributed by atoms with Gasteiger partial charge in [0.2, 0.25) is 0 Å². The van der Waals surface area contributed by atoms with Gasteiger partial charge in [0.25, 0.3) is 5.91 Å². The SMILES string of the molecule is CCN(C(=O)c1csc(Br)c1)c1ccc(C(=O)O)cc1N. The smallest absolute Gasteiger partial charge is 0.335 e. The van der Waals surface area contributed by atoms with Gasteiger partial charge in [-0.2, -0.15) is 0 Å². The number of hydrogen-bond donors (Lipinski definition) is 2. The standard InChI is InChI=1S/C14H13BrN2O3S/c1-2-17(13(18)9-6-12(15)21-7-9)11-4-3-8(14(19)20)5-10(11)16/h3-7H,2,16H2,1H3,(H,19,20). The lowest BCUT2D eigenvalue weighted by Crippen LogP contribution is -2.31. The minimum atomic E-state index is -1.05. The van der Waals surface area contributed by atoms with Gasteiger partial charge in [-0.1, -0.05) is 0 Å². The minimum absolute atomic E-state index is 0.0954. The number of carboxylic acid groups (broad SMARTS) is 1. The molecule has 5 nitrogen and oxygen atoms in total. The van der Waals surface area contributed by atoms with Crippen molar-refractivity contribution in [3.8, 4) is 0 Å². The number of nitrogen functional groups attached to an aromatic ring is 1. The summed E-state index contributed by atoms with van der Waals surface area (Å²) in [6.45, 7) is 2.27. The number of amides is 1. The summed E-state index contributed by atoms with van der Waals surface area (Å²) in [6.07, 6.45) is 0. The maximum absolute atomic E-state index is 12.5. The van der Waals surface area contributed by atoms with E-state index in [0.717, 1.165) is 3.79 Å². The van der Waals surface area contributed by atoms with Gasteiger partial charge >= 0.3 is 5.97 Å². The number of carbonyl (C=O) groups is 2. The van der Waals surface area contributed by atoms with Crippen molar-refractivity contribution in [2.24, 2.45) is 0 Å². The molecule has 0 fully saturated rings. The zero-order valence-electron chi connectivity index (χ0n) is 11.2. The number of nitrogens with zero attached hydrogens (tertiary/aromatic N) is 1. The molecule has 0 unspecified atom stereocenters. The van der Waals surface area contributed by atoms with Gasteiger partial charge in [0, 0.05) is 11.9 Å². The van der Waals surface area contributed by atoms with E-state index < -0.39 is 5.97 Å². The summed E-state index contributed by atoms with van der Waals surface area (Å²) in [6, 6.07) is 6.10. The molecule has 2 aromatic rings. The van der Waals surface area contributed by atoms with Crippen LogP contribution in [-0.4, -0.2) is 23.5 Å². The molecule has 0 radical (unpaired) electrons. The van der Waals surface area contributed by atoms with E-state index >= 15 is 0 Å². The Balaban J connectivity index is 2.37. The summed E-state index contributed by atoms with van der Waals surface area (Å²) in [4.78, 5) is 24.9. The van der Waals surface area contributed by atoms with Crippen LogP contribution in [0.25, 0.3) is 0 Å². The molecule has 0 aliphatic carbocycles. The highest BCUT2D eigenvalue weighted by Crippen LogP contribution is 2.28. The van der Waals surface area contributed by atoms with Gasteiger partial charge in [-0.3, -0.25) is 4.79 Å². The third-order valence-electron chi connectivity index (χ3n) is 2.94. The van der Waals surface area contributed by atoms with Crippen LogP contribution in [0.2, 0.25) is 0 Å². The summed E-state index contributed by atoms with van der Waals surface area (Å²) < 4.78 is 0.871. The number of thiophene rings is 1. The fraction of sp³-hybridized carbons (Fsp3) is 0.143. The summed E-state index contributed by atoms with van der Waals surface area (Å²) in [5.41, 5.74) is 7.33. The lowest BCUT2D eigenvalue weighted by atomic mass is 10.1. The molecule has 0 aliphatic heterocycles. The van der Waals surface area contributed by atoms with Crippen LogP contribution in [0.3, 0.4) is 0 Å². The first kappa shape index (κ1) is 15.5. The molecule has 0 saturated carbocycles. The first-order valence-electron chi connectivity index (χ1n) is 6.12. The molecule has 1 heterocycles. The summed E-state index contributed by atoms with van der Waals surface area (Å²) in [7, 11) is 0. The predicted molar refractivity (Wildman–Crippen MR) is 87.2 cm³/mol. The number of nitrogens with two attached hydrogens (primary N) is 1. The summed E-state index contributed by atoms with van der Waals surface area (Å²) >= 11 is 4.75. The molecule has 1 amide bonds. The van der Waals surface area contributed by atoms with Crippen molar-refractivity contribution in [2.75, 3.05) is 17.2 Å². The van der Waals surface area contributed by atoms with E-state index in [2.05, 4.69) is 15.9 Å². The average Bonchev–Trinajstić information content (AvgIpc) is 2.87. The number of carbonyl (C=O) groups excluding carboxylic acids is 1. The molecule has 2 rings (SSSR count). The molecule has 0 atom stereocenters. The zero-order chi connectivity index (χ0) is 15.6. The topological polar surface area (TPSA) is 83.6 Å². The molecule has 21 heavy (non-hydrogen) atoms.